The van der Waals surface area contributed by atoms with E-state index in [-0.39, 0.29) is 23.1 Å². The molecule has 1 atom stereocenters. The van der Waals surface area contributed by atoms with Crippen molar-refractivity contribution in [2.75, 3.05) is 24.6 Å². The summed E-state index contributed by atoms with van der Waals surface area (Å²) in [6.45, 7) is 16.6. The minimum absolute atomic E-state index is 0.110. The van der Waals surface area contributed by atoms with Crippen LogP contribution in [0.15, 0.2) is 65.6 Å². The van der Waals surface area contributed by atoms with Crippen LogP contribution in [0.1, 0.15) is 134 Å². The lowest BCUT2D eigenvalue weighted by Gasteiger charge is -2.38. The van der Waals surface area contributed by atoms with Gasteiger partial charge in [0.25, 0.3) is 0 Å². The van der Waals surface area contributed by atoms with E-state index >= 15 is 0 Å². The molecule has 2 aliphatic heterocycles. The van der Waals surface area contributed by atoms with E-state index in [1.54, 1.807) is 0 Å². The zero-order valence-electron chi connectivity index (χ0n) is 30.4. The number of carbonyl (C=O) groups excluding carboxylic acids is 2. The second kappa shape index (κ2) is 14.8. The number of fused-ring (bicyclic) bond motifs is 2. The lowest BCUT2D eigenvalue weighted by Crippen LogP contribution is -2.49. The van der Waals surface area contributed by atoms with Crippen molar-refractivity contribution in [3.63, 3.8) is 0 Å². The number of esters is 1. The van der Waals surface area contributed by atoms with Gasteiger partial charge >= 0.3 is 5.97 Å². The van der Waals surface area contributed by atoms with Crippen LogP contribution in [0.4, 0.5) is 11.4 Å². The molecule has 1 aliphatic carbocycles. The number of Topliss-reactive ketones (excluding diaryl/α,β-unsaturated/α-hetero) is 1. The smallest absolute Gasteiger partial charge is 0.338 e. The minimum Gasteiger partial charge on any atom is -0.874 e. The molecule has 5 rings (SSSR count). The van der Waals surface area contributed by atoms with E-state index in [0.29, 0.717) is 25.3 Å². The second-order valence-corrected chi connectivity index (χ2v) is 14.8. The molecule has 0 spiro atoms. The van der Waals surface area contributed by atoms with Crippen LogP contribution in [-0.2, 0) is 20.4 Å². The van der Waals surface area contributed by atoms with E-state index in [2.05, 4.69) is 70.1 Å². The highest BCUT2D eigenvalue weighted by Crippen LogP contribution is 2.50. The maximum atomic E-state index is 13.9. The van der Waals surface area contributed by atoms with Gasteiger partial charge in [0.2, 0.25) is 5.69 Å². The van der Waals surface area contributed by atoms with E-state index in [4.69, 9.17) is 4.74 Å². The Bertz CT molecular complexity index is 1630. The topological polar surface area (TPSA) is 72.7 Å². The standard InChI is InChI=1S/C42H56N2O4/c1-8-11-12-13-14-15-16-17-18-21-26-48-40(47)29-24-25-34-32(27-29)41(4,5)35(43(34)9-2)28-30-37(45)36(38(30)46)39-42(6,7)31-22-19-20-23-33(31)44(39)10-3/h19-20,22-25,27-28,36H,8-18,21,26H2,1-7H3/b35-28+. The largest absolute Gasteiger partial charge is 0.874 e. The maximum Gasteiger partial charge on any atom is 0.338 e. The van der Waals surface area contributed by atoms with Crippen LogP contribution in [0.25, 0.3) is 0 Å². The number of hydrogen-bond donors (Lipinski definition) is 0. The Balaban J connectivity index is 1.27. The Morgan fingerprint density at radius 2 is 1.52 bits per heavy atom. The third kappa shape index (κ3) is 6.52. The molecule has 6 nitrogen and oxygen atoms in total. The highest BCUT2D eigenvalue weighted by atomic mass is 16.5. The average molecular weight is 653 g/mol. The van der Waals surface area contributed by atoms with Crippen molar-refractivity contribution < 1.29 is 24.0 Å². The first kappa shape index (κ1) is 35.6. The molecule has 0 amide bonds. The molecule has 0 radical (unpaired) electrons. The molecule has 2 heterocycles. The van der Waals surface area contributed by atoms with Crippen molar-refractivity contribution in [3.8, 4) is 0 Å². The Labute approximate surface area is 288 Å². The normalized spacial score (nSPS) is 20.0. The molecule has 3 aliphatic rings. The van der Waals surface area contributed by atoms with E-state index in [1.807, 2.05) is 36.4 Å². The molecule has 48 heavy (non-hydrogen) atoms. The van der Waals surface area contributed by atoms with Crippen molar-refractivity contribution in [1.82, 2.24) is 0 Å². The summed E-state index contributed by atoms with van der Waals surface area (Å²) in [7, 11) is 0. The van der Waals surface area contributed by atoms with Gasteiger partial charge in [-0.3, -0.25) is 4.79 Å². The van der Waals surface area contributed by atoms with Gasteiger partial charge in [-0.25, -0.2) is 4.79 Å². The van der Waals surface area contributed by atoms with Crippen molar-refractivity contribution in [1.29, 1.82) is 0 Å². The number of rotatable bonds is 16. The summed E-state index contributed by atoms with van der Waals surface area (Å²) in [5, 5.41) is 13.9. The second-order valence-electron chi connectivity index (χ2n) is 14.8. The lowest BCUT2D eigenvalue weighted by atomic mass is 9.68. The van der Waals surface area contributed by atoms with Crippen molar-refractivity contribution in [3.05, 3.63) is 82.3 Å². The van der Waals surface area contributed by atoms with Gasteiger partial charge in [-0.15, -0.1) is 5.76 Å². The molecular weight excluding hydrogens is 596 g/mol. The summed E-state index contributed by atoms with van der Waals surface area (Å²) in [5.41, 5.74) is 5.87. The third-order valence-electron chi connectivity index (χ3n) is 10.9. The number of carbonyl (C=O) groups is 2. The van der Waals surface area contributed by atoms with Gasteiger partial charge in [0, 0.05) is 40.5 Å². The van der Waals surface area contributed by atoms with E-state index < -0.39 is 16.7 Å². The summed E-state index contributed by atoms with van der Waals surface area (Å²) in [5.74, 6) is -1.29. The van der Waals surface area contributed by atoms with Crippen LogP contribution >= 0.6 is 0 Å². The molecule has 0 aromatic heterocycles. The number of benzene rings is 2. The fourth-order valence-corrected chi connectivity index (χ4v) is 8.14. The number of ether oxygens (including phenoxy) is 1. The minimum atomic E-state index is -0.766. The van der Waals surface area contributed by atoms with Crippen LogP contribution < -0.4 is 10.0 Å². The Morgan fingerprint density at radius 1 is 0.875 bits per heavy atom. The lowest BCUT2D eigenvalue weighted by molar-refractivity contribution is -0.437. The van der Waals surface area contributed by atoms with Crippen LogP contribution in [0.5, 0.6) is 0 Å². The monoisotopic (exact) mass is 652 g/mol. The third-order valence-corrected chi connectivity index (χ3v) is 10.9. The van der Waals surface area contributed by atoms with Gasteiger partial charge in [0.1, 0.15) is 12.5 Å². The molecule has 2 aromatic rings. The summed E-state index contributed by atoms with van der Waals surface area (Å²) in [6, 6.07) is 14.0. The van der Waals surface area contributed by atoms with E-state index in [1.165, 1.54) is 51.4 Å². The number of ketones is 1. The zero-order valence-corrected chi connectivity index (χ0v) is 30.4. The zero-order chi connectivity index (χ0) is 34.6. The molecule has 6 heteroatoms. The van der Waals surface area contributed by atoms with Crippen molar-refractivity contribution >= 4 is 28.8 Å². The predicted octanol–water partition coefficient (Wildman–Crippen LogP) is 8.68. The number of nitrogens with zero attached hydrogens (tertiary/aromatic N) is 2. The first-order chi connectivity index (χ1) is 23.0. The fraction of sp³-hybridized carbons (Fsp3) is 0.548. The molecule has 0 saturated heterocycles. The molecule has 0 bridgehead atoms. The van der Waals surface area contributed by atoms with Gasteiger partial charge in [-0.2, -0.15) is 4.58 Å². The summed E-state index contributed by atoms with van der Waals surface area (Å²) < 4.78 is 7.84. The first-order valence-corrected chi connectivity index (χ1v) is 18.5. The molecule has 0 fully saturated rings. The number of unbranched alkanes of at least 4 members (excludes halogenated alkanes) is 9. The van der Waals surface area contributed by atoms with Gasteiger partial charge in [0.05, 0.1) is 17.6 Å². The van der Waals surface area contributed by atoms with Gasteiger partial charge in [-0.1, -0.05) is 96.8 Å². The van der Waals surface area contributed by atoms with Gasteiger partial charge in [0.15, 0.2) is 11.5 Å². The van der Waals surface area contributed by atoms with Crippen molar-refractivity contribution in [2.45, 2.75) is 124 Å². The van der Waals surface area contributed by atoms with E-state index in [9.17, 15) is 14.7 Å². The quantitative estimate of drug-likeness (QED) is 0.103. The van der Waals surface area contributed by atoms with E-state index in [0.717, 1.165) is 46.8 Å². The molecule has 2 aromatic carbocycles. The number of hydrogen-bond acceptors (Lipinski definition) is 5. The predicted molar refractivity (Wildman–Crippen MR) is 193 cm³/mol. The fourth-order valence-electron chi connectivity index (χ4n) is 8.14. The Hall–Kier alpha value is -3.67. The van der Waals surface area contributed by atoms with Crippen LogP contribution in [0.2, 0.25) is 0 Å². The highest BCUT2D eigenvalue weighted by Gasteiger charge is 2.54. The molecule has 0 N–H and O–H groups in total. The van der Waals surface area contributed by atoms with Crippen LogP contribution in [0.3, 0.4) is 0 Å². The summed E-state index contributed by atoms with van der Waals surface area (Å²) in [6.07, 6.45) is 14.2. The van der Waals surface area contributed by atoms with Gasteiger partial charge in [-0.05, 0) is 64.0 Å². The molecular formula is C42H56N2O4. The molecule has 1 unspecified atom stereocenters. The number of para-hydroxylation sites is 1. The number of allylic oxidation sites excluding steroid dienone is 4. The average Bonchev–Trinajstić information content (AvgIpc) is 3.43. The van der Waals surface area contributed by atoms with Crippen LogP contribution in [-0.4, -0.2) is 41.7 Å². The Morgan fingerprint density at radius 3 is 2.15 bits per heavy atom. The molecule has 258 valence electrons. The highest BCUT2D eigenvalue weighted by molar-refractivity contribution is 6.23. The number of anilines is 1. The Kier molecular flexibility index (Phi) is 11.0. The van der Waals surface area contributed by atoms with Gasteiger partial charge < -0.3 is 14.7 Å². The SMILES string of the molecule is CCCCCCCCCCCCOC(=O)c1ccc2c(c1)C(C)(C)/C(=C\C1=C([O-])C(C3=[N+](CC)c4ccccc4C3(C)C)C1=O)N2CC. The van der Waals surface area contributed by atoms with Crippen molar-refractivity contribution in [2.24, 2.45) is 5.92 Å². The number of likely N-dealkylation sites (N-methyl/N-ethyl adjacent to an activating group) is 1. The molecule has 0 saturated carbocycles. The maximum absolute atomic E-state index is 13.9. The van der Waals surface area contributed by atoms with Crippen LogP contribution in [0, 0.1) is 5.92 Å². The summed E-state index contributed by atoms with van der Waals surface area (Å²) >= 11 is 0. The summed E-state index contributed by atoms with van der Waals surface area (Å²) in [4.78, 5) is 29.1. The first-order valence-electron chi connectivity index (χ1n) is 18.5.